The van der Waals surface area contributed by atoms with Crippen molar-refractivity contribution in [3.63, 3.8) is 0 Å². The third-order valence-electron chi connectivity index (χ3n) is 2.88. The van der Waals surface area contributed by atoms with E-state index >= 15 is 0 Å². The average Bonchev–Trinajstić information content (AvgIpc) is 2.95. The molecule has 0 aliphatic rings. The summed E-state index contributed by atoms with van der Waals surface area (Å²) in [4.78, 5) is 28.4. The molecular weight excluding hydrogens is 268 g/mol. The van der Waals surface area contributed by atoms with E-state index in [2.05, 4.69) is 25.3 Å². The molecule has 0 bridgehead atoms. The summed E-state index contributed by atoms with van der Waals surface area (Å²) in [5, 5.41) is 2.73. The van der Waals surface area contributed by atoms with Crippen molar-refractivity contribution in [1.82, 2.24) is 24.5 Å². The Labute approximate surface area is 120 Å². The number of nitrogens with zero attached hydrogens (tertiary/aromatic N) is 5. The molecule has 104 valence electrons. The fraction of sp³-hybridized carbons (Fsp3) is 0.0714. The maximum atomic E-state index is 12.0. The summed E-state index contributed by atoms with van der Waals surface area (Å²) < 4.78 is 1.76. The third-order valence-corrected chi connectivity index (χ3v) is 2.88. The fourth-order valence-electron chi connectivity index (χ4n) is 1.81. The van der Waals surface area contributed by atoms with Crippen LogP contribution in [0.15, 0.2) is 49.3 Å². The molecule has 1 amide bonds. The molecule has 3 aromatic heterocycles. The van der Waals surface area contributed by atoms with Crippen LogP contribution in [-0.2, 0) is 0 Å². The van der Waals surface area contributed by atoms with Crippen LogP contribution < -0.4 is 5.32 Å². The van der Waals surface area contributed by atoms with Crippen LogP contribution in [0.1, 0.15) is 16.2 Å². The highest BCUT2D eigenvalue weighted by atomic mass is 16.1. The Morgan fingerprint density at radius 3 is 2.43 bits per heavy atom. The van der Waals surface area contributed by atoms with Crippen LogP contribution in [0.2, 0.25) is 0 Å². The van der Waals surface area contributed by atoms with Crippen molar-refractivity contribution < 1.29 is 4.79 Å². The van der Waals surface area contributed by atoms with Gasteiger partial charge in [0.25, 0.3) is 5.91 Å². The van der Waals surface area contributed by atoms with Crippen molar-refractivity contribution >= 4 is 11.6 Å². The molecule has 0 fully saturated rings. The summed E-state index contributed by atoms with van der Waals surface area (Å²) in [5.41, 5.74) is 1.05. The Morgan fingerprint density at radius 1 is 1.10 bits per heavy atom. The van der Waals surface area contributed by atoms with Gasteiger partial charge in [-0.05, 0) is 19.1 Å². The average molecular weight is 280 g/mol. The molecule has 1 N–H and O–H groups in total. The first-order valence-electron chi connectivity index (χ1n) is 6.28. The fourth-order valence-corrected chi connectivity index (χ4v) is 1.81. The molecule has 0 aliphatic carbocycles. The largest absolute Gasteiger partial charge is 0.319 e. The number of rotatable bonds is 3. The number of nitrogens with one attached hydrogen (secondary N) is 1. The Bertz CT molecular complexity index is 751. The first kappa shape index (κ1) is 12.9. The molecule has 0 unspecified atom stereocenters. The summed E-state index contributed by atoms with van der Waals surface area (Å²) >= 11 is 0. The van der Waals surface area contributed by atoms with Gasteiger partial charge in [0.1, 0.15) is 5.82 Å². The Morgan fingerprint density at radius 2 is 1.81 bits per heavy atom. The van der Waals surface area contributed by atoms with Gasteiger partial charge in [-0.15, -0.1) is 0 Å². The topological polar surface area (TPSA) is 85.6 Å². The highest BCUT2D eigenvalue weighted by Gasteiger charge is 2.07. The van der Waals surface area contributed by atoms with Gasteiger partial charge < -0.3 is 5.32 Å². The van der Waals surface area contributed by atoms with Crippen LogP contribution in [-0.4, -0.2) is 30.4 Å². The minimum absolute atomic E-state index is 0.229. The number of hydrogen-bond donors (Lipinski definition) is 1. The van der Waals surface area contributed by atoms with E-state index in [1.165, 1.54) is 0 Å². The first-order chi connectivity index (χ1) is 10.2. The van der Waals surface area contributed by atoms with Gasteiger partial charge in [0.05, 0.1) is 18.1 Å². The molecule has 3 rings (SSSR count). The second-order valence-electron chi connectivity index (χ2n) is 4.31. The van der Waals surface area contributed by atoms with Crippen LogP contribution in [0.4, 0.5) is 5.69 Å². The van der Waals surface area contributed by atoms with Crippen LogP contribution >= 0.6 is 0 Å². The quantitative estimate of drug-likeness (QED) is 0.788. The van der Waals surface area contributed by atoms with E-state index in [4.69, 9.17) is 0 Å². The molecule has 0 spiro atoms. The molecule has 7 nitrogen and oxygen atoms in total. The van der Waals surface area contributed by atoms with Gasteiger partial charge in [-0.2, -0.15) is 0 Å². The summed E-state index contributed by atoms with van der Waals surface area (Å²) in [6, 6.07) is 3.28. The third kappa shape index (κ3) is 2.76. The Balaban J connectivity index is 1.76. The molecule has 3 aromatic rings. The molecule has 0 saturated carbocycles. The smallest absolute Gasteiger partial charge is 0.255 e. The van der Waals surface area contributed by atoms with E-state index in [1.54, 1.807) is 53.9 Å². The second-order valence-corrected chi connectivity index (χ2v) is 4.31. The number of aromatic nitrogens is 5. The van der Waals surface area contributed by atoms with Crippen molar-refractivity contribution in [3.05, 3.63) is 60.7 Å². The zero-order valence-electron chi connectivity index (χ0n) is 11.3. The van der Waals surface area contributed by atoms with Crippen molar-refractivity contribution in [2.45, 2.75) is 6.92 Å². The monoisotopic (exact) mass is 280 g/mol. The molecule has 21 heavy (non-hydrogen) atoms. The molecule has 7 heteroatoms. The predicted molar refractivity (Wildman–Crippen MR) is 76.1 cm³/mol. The SMILES string of the molecule is Cc1nccn1-c1ncc(NC(=O)c2ccncc2)cn1. The van der Waals surface area contributed by atoms with E-state index in [9.17, 15) is 4.79 Å². The molecule has 0 aliphatic heterocycles. The lowest BCUT2D eigenvalue weighted by molar-refractivity contribution is 0.102. The van der Waals surface area contributed by atoms with Gasteiger partial charge in [-0.1, -0.05) is 0 Å². The molecule has 3 heterocycles. The van der Waals surface area contributed by atoms with Crippen LogP contribution in [0.3, 0.4) is 0 Å². The normalized spacial score (nSPS) is 10.3. The van der Waals surface area contributed by atoms with Gasteiger partial charge in [-0.25, -0.2) is 15.0 Å². The minimum Gasteiger partial charge on any atom is -0.319 e. The lowest BCUT2D eigenvalue weighted by atomic mass is 10.2. The van der Waals surface area contributed by atoms with Crippen molar-refractivity contribution in [3.8, 4) is 5.95 Å². The van der Waals surface area contributed by atoms with Gasteiger partial charge in [0, 0.05) is 30.4 Å². The number of hydrogen-bond acceptors (Lipinski definition) is 5. The molecular formula is C14H12N6O. The summed E-state index contributed by atoms with van der Waals surface area (Å²) in [6.45, 7) is 1.86. The molecule has 0 aromatic carbocycles. The summed E-state index contributed by atoms with van der Waals surface area (Å²) in [7, 11) is 0. The number of pyridine rings is 1. The van der Waals surface area contributed by atoms with Crippen molar-refractivity contribution in [2.75, 3.05) is 5.32 Å². The lowest BCUT2D eigenvalue weighted by Gasteiger charge is -2.06. The standard InChI is InChI=1S/C14H12N6O/c1-10-16-6-7-20(10)14-17-8-12(9-18-14)19-13(21)11-2-4-15-5-3-11/h2-9H,1H3,(H,19,21). The van der Waals surface area contributed by atoms with E-state index in [1.807, 2.05) is 6.92 Å². The van der Waals surface area contributed by atoms with E-state index < -0.39 is 0 Å². The highest BCUT2D eigenvalue weighted by Crippen LogP contribution is 2.09. The highest BCUT2D eigenvalue weighted by molar-refractivity contribution is 6.03. The maximum absolute atomic E-state index is 12.0. The number of anilines is 1. The van der Waals surface area contributed by atoms with Crippen LogP contribution in [0, 0.1) is 6.92 Å². The van der Waals surface area contributed by atoms with Gasteiger partial charge in [0.2, 0.25) is 5.95 Å². The van der Waals surface area contributed by atoms with Gasteiger partial charge in [0.15, 0.2) is 0 Å². The maximum Gasteiger partial charge on any atom is 0.255 e. The van der Waals surface area contributed by atoms with Crippen molar-refractivity contribution in [1.29, 1.82) is 0 Å². The number of aryl methyl sites for hydroxylation is 1. The molecule has 0 saturated heterocycles. The number of carbonyl (C=O) groups excluding carboxylic acids is 1. The Kier molecular flexibility index (Phi) is 3.38. The first-order valence-corrected chi connectivity index (χ1v) is 6.28. The Hall–Kier alpha value is -3.09. The number of carbonyl (C=O) groups is 1. The number of amides is 1. The lowest BCUT2D eigenvalue weighted by Crippen LogP contribution is -2.13. The van der Waals surface area contributed by atoms with E-state index in [0.717, 1.165) is 5.82 Å². The second kappa shape index (κ2) is 5.49. The van der Waals surface area contributed by atoms with Gasteiger partial charge in [-0.3, -0.25) is 14.3 Å². The molecule has 0 radical (unpaired) electrons. The van der Waals surface area contributed by atoms with E-state index in [-0.39, 0.29) is 5.91 Å². The summed E-state index contributed by atoms with van der Waals surface area (Å²) in [6.07, 6.45) is 9.70. The van der Waals surface area contributed by atoms with Crippen LogP contribution in [0.5, 0.6) is 0 Å². The zero-order valence-corrected chi connectivity index (χ0v) is 11.3. The summed E-state index contributed by atoms with van der Waals surface area (Å²) in [5.74, 6) is 1.07. The van der Waals surface area contributed by atoms with E-state index in [0.29, 0.717) is 17.2 Å². The number of imidazole rings is 1. The molecule has 0 atom stereocenters. The zero-order chi connectivity index (χ0) is 14.7. The van der Waals surface area contributed by atoms with Crippen molar-refractivity contribution in [2.24, 2.45) is 0 Å². The minimum atomic E-state index is -0.229. The predicted octanol–water partition coefficient (Wildman–Crippen LogP) is 1.62. The van der Waals surface area contributed by atoms with Crippen LogP contribution in [0.25, 0.3) is 5.95 Å². The van der Waals surface area contributed by atoms with Gasteiger partial charge >= 0.3 is 0 Å².